The fourth-order valence-corrected chi connectivity index (χ4v) is 7.34. The van der Waals surface area contributed by atoms with Crippen molar-refractivity contribution in [2.45, 2.75) is 51.9 Å². The molecule has 0 aliphatic carbocycles. The van der Waals surface area contributed by atoms with E-state index in [4.69, 9.17) is 21.1 Å². The van der Waals surface area contributed by atoms with Gasteiger partial charge in [-0.3, -0.25) is 0 Å². The van der Waals surface area contributed by atoms with Gasteiger partial charge in [0.25, 0.3) is 0 Å². The Hall–Kier alpha value is -3.80. The maximum absolute atomic E-state index is 15.9. The van der Waals surface area contributed by atoms with Crippen molar-refractivity contribution in [3.8, 4) is 5.75 Å². The SMILES string of the molecule is CCC(N(CC)S(=O)(=O)CC)C1(c2cc3c(Nc4ccc(OCc5cccc(F)c5)c(Cl)c4)ncnc3cc2F)CC=CO1. The standard InChI is InChI=1S/C32H33ClF2N4O4S/c1-4-30(39(5-2)44(40,41)6-3)32(13-8-14-43-32)25-17-24-28(18-27(25)35)36-20-37-31(24)38-23-11-12-29(26(33)16-23)42-19-21-9-7-10-22(34)15-21/h7-12,14-18,20,30H,4-6,13,19H2,1-3H3,(H,36,37,38). The molecule has 0 amide bonds. The van der Waals surface area contributed by atoms with Crippen LogP contribution in [0.1, 0.15) is 44.7 Å². The molecule has 1 aliphatic rings. The number of ether oxygens (including phenoxy) is 2. The molecule has 0 spiro atoms. The lowest BCUT2D eigenvalue weighted by Crippen LogP contribution is -2.53. The number of sulfonamides is 1. The Morgan fingerprint density at radius 3 is 2.59 bits per heavy atom. The van der Waals surface area contributed by atoms with E-state index in [1.165, 1.54) is 35.1 Å². The fraction of sp³-hybridized carbons (Fsp3) is 0.312. The molecule has 2 heterocycles. The topological polar surface area (TPSA) is 93.7 Å². The van der Waals surface area contributed by atoms with Crippen LogP contribution < -0.4 is 10.1 Å². The van der Waals surface area contributed by atoms with Crippen LogP contribution in [0.4, 0.5) is 20.3 Å². The highest BCUT2D eigenvalue weighted by Crippen LogP contribution is 2.45. The number of rotatable bonds is 12. The molecule has 1 aromatic heterocycles. The van der Waals surface area contributed by atoms with Gasteiger partial charge in [0.1, 0.15) is 36.1 Å². The summed E-state index contributed by atoms with van der Waals surface area (Å²) in [6.45, 7) is 5.58. The number of anilines is 2. The van der Waals surface area contributed by atoms with Crippen molar-refractivity contribution < 1.29 is 26.7 Å². The molecule has 0 radical (unpaired) electrons. The lowest BCUT2D eigenvalue weighted by atomic mass is 9.81. The molecule has 5 rings (SSSR count). The van der Waals surface area contributed by atoms with Gasteiger partial charge >= 0.3 is 0 Å². The van der Waals surface area contributed by atoms with Crippen molar-refractivity contribution in [2.24, 2.45) is 0 Å². The van der Waals surface area contributed by atoms with Gasteiger partial charge < -0.3 is 14.8 Å². The Labute approximate surface area is 260 Å². The highest BCUT2D eigenvalue weighted by atomic mass is 35.5. The van der Waals surface area contributed by atoms with Crippen molar-refractivity contribution in [2.75, 3.05) is 17.6 Å². The van der Waals surface area contributed by atoms with Gasteiger partial charge in [-0.15, -0.1) is 0 Å². The van der Waals surface area contributed by atoms with Crippen LogP contribution in [0.3, 0.4) is 0 Å². The van der Waals surface area contributed by atoms with Crippen LogP contribution in [0.5, 0.6) is 5.75 Å². The van der Waals surface area contributed by atoms with Gasteiger partial charge in [-0.2, -0.15) is 4.31 Å². The molecule has 4 aromatic rings. The Bertz CT molecular complexity index is 1800. The number of hydrogen-bond acceptors (Lipinski definition) is 7. The molecule has 232 valence electrons. The van der Waals surface area contributed by atoms with Crippen molar-refractivity contribution >= 4 is 44.0 Å². The number of aromatic nitrogens is 2. The zero-order chi connectivity index (χ0) is 31.5. The molecule has 2 atom stereocenters. The second-order valence-electron chi connectivity index (χ2n) is 10.4. The molecular formula is C32H33ClF2N4O4S. The third-order valence-electron chi connectivity index (χ3n) is 7.76. The van der Waals surface area contributed by atoms with Gasteiger partial charge in [0, 0.05) is 35.7 Å². The maximum Gasteiger partial charge on any atom is 0.214 e. The largest absolute Gasteiger partial charge is 0.488 e. The summed E-state index contributed by atoms with van der Waals surface area (Å²) in [5.41, 5.74) is 0.529. The molecule has 0 bridgehead atoms. The van der Waals surface area contributed by atoms with Crippen LogP contribution in [0.15, 0.2) is 73.3 Å². The molecule has 0 saturated carbocycles. The number of likely N-dealkylation sites (N-methyl/N-ethyl adjacent to an activating group) is 1. The summed E-state index contributed by atoms with van der Waals surface area (Å²) in [6, 6.07) is 13.5. The second-order valence-corrected chi connectivity index (χ2v) is 13.0. The van der Waals surface area contributed by atoms with Crippen molar-refractivity contribution in [3.05, 3.63) is 101 Å². The molecule has 2 unspecified atom stereocenters. The number of nitrogens with one attached hydrogen (secondary N) is 1. The minimum absolute atomic E-state index is 0.0832. The molecule has 1 aliphatic heterocycles. The molecule has 12 heteroatoms. The first kappa shape index (κ1) is 31.6. The Kier molecular flexibility index (Phi) is 9.38. The molecule has 44 heavy (non-hydrogen) atoms. The average Bonchev–Trinajstić information content (AvgIpc) is 3.49. The number of fused-ring (bicyclic) bond motifs is 1. The van der Waals surface area contributed by atoms with Crippen molar-refractivity contribution in [1.82, 2.24) is 14.3 Å². The summed E-state index contributed by atoms with van der Waals surface area (Å²) in [7, 11) is -3.61. The minimum Gasteiger partial charge on any atom is -0.488 e. The first-order chi connectivity index (χ1) is 21.1. The zero-order valence-electron chi connectivity index (χ0n) is 24.6. The average molecular weight is 643 g/mol. The molecule has 8 nitrogen and oxygen atoms in total. The Morgan fingerprint density at radius 2 is 1.93 bits per heavy atom. The lowest BCUT2D eigenvalue weighted by Gasteiger charge is -2.42. The number of halogens is 3. The highest BCUT2D eigenvalue weighted by Gasteiger charge is 2.49. The number of benzene rings is 3. The zero-order valence-corrected chi connectivity index (χ0v) is 26.1. The van der Waals surface area contributed by atoms with Crippen LogP contribution in [0, 0.1) is 11.6 Å². The number of nitrogens with zero attached hydrogens (tertiary/aromatic N) is 3. The van der Waals surface area contributed by atoms with Crippen LogP contribution in [-0.2, 0) is 27.0 Å². The summed E-state index contributed by atoms with van der Waals surface area (Å²) in [4.78, 5) is 8.68. The molecule has 3 aromatic carbocycles. The third kappa shape index (κ3) is 6.22. The van der Waals surface area contributed by atoms with E-state index in [-0.39, 0.29) is 36.7 Å². The van der Waals surface area contributed by atoms with E-state index >= 15 is 4.39 Å². The molecular weight excluding hydrogens is 610 g/mol. The Morgan fingerprint density at radius 1 is 1.11 bits per heavy atom. The van der Waals surface area contributed by atoms with Crippen LogP contribution in [0.25, 0.3) is 10.9 Å². The molecule has 0 fully saturated rings. The minimum atomic E-state index is -3.61. The van der Waals surface area contributed by atoms with Gasteiger partial charge in [0.05, 0.1) is 28.6 Å². The van der Waals surface area contributed by atoms with Gasteiger partial charge in [-0.1, -0.05) is 37.6 Å². The summed E-state index contributed by atoms with van der Waals surface area (Å²) >= 11 is 6.51. The second kappa shape index (κ2) is 13.1. The van der Waals surface area contributed by atoms with Crippen molar-refractivity contribution in [1.29, 1.82) is 0 Å². The van der Waals surface area contributed by atoms with E-state index in [0.29, 0.717) is 45.2 Å². The van der Waals surface area contributed by atoms with Gasteiger partial charge in [0.15, 0.2) is 5.60 Å². The predicted octanol–water partition coefficient (Wildman–Crippen LogP) is 7.46. The fourth-order valence-electron chi connectivity index (χ4n) is 5.67. The normalized spacial score (nSPS) is 17.2. The molecule has 1 N–H and O–H groups in total. The van der Waals surface area contributed by atoms with Gasteiger partial charge in [-0.05, 0) is 61.4 Å². The lowest BCUT2D eigenvalue weighted by molar-refractivity contribution is -0.0263. The van der Waals surface area contributed by atoms with E-state index in [9.17, 15) is 12.8 Å². The van der Waals surface area contributed by atoms with E-state index in [2.05, 4.69) is 15.3 Å². The van der Waals surface area contributed by atoms with E-state index < -0.39 is 27.5 Å². The first-order valence-electron chi connectivity index (χ1n) is 14.3. The highest BCUT2D eigenvalue weighted by molar-refractivity contribution is 7.89. The van der Waals surface area contributed by atoms with Crippen LogP contribution in [0.2, 0.25) is 5.02 Å². The first-order valence-corrected chi connectivity index (χ1v) is 16.3. The number of hydrogen-bond donors (Lipinski definition) is 1. The predicted molar refractivity (Wildman–Crippen MR) is 167 cm³/mol. The maximum atomic E-state index is 15.9. The van der Waals surface area contributed by atoms with Gasteiger partial charge in [0.2, 0.25) is 10.0 Å². The monoisotopic (exact) mass is 642 g/mol. The summed E-state index contributed by atoms with van der Waals surface area (Å²) in [5.74, 6) is -0.183. The summed E-state index contributed by atoms with van der Waals surface area (Å²) in [5, 5.41) is 4.06. The summed E-state index contributed by atoms with van der Waals surface area (Å²) in [6.07, 6.45) is 5.28. The van der Waals surface area contributed by atoms with E-state index in [1.807, 2.05) is 6.92 Å². The summed E-state index contributed by atoms with van der Waals surface area (Å²) < 4.78 is 68.9. The van der Waals surface area contributed by atoms with E-state index in [0.717, 1.165) is 0 Å². The van der Waals surface area contributed by atoms with Gasteiger partial charge in [-0.25, -0.2) is 27.2 Å². The van der Waals surface area contributed by atoms with Crippen LogP contribution >= 0.6 is 11.6 Å². The third-order valence-corrected chi connectivity index (χ3v) is 10.0. The van der Waals surface area contributed by atoms with E-state index in [1.54, 1.807) is 56.3 Å². The quantitative estimate of drug-likeness (QED) is 0.171. The Balaban J connectivity index is 1.49. The molecule has 0 saturated heterocycles. The van der Waals surface area contributed by atoms with Crippen molar-refractivity contribution in [3.63, 3.8) is 0 Å². The smallest absolute Gasteiger partial charge is 0.214 e. The van der Waals surface area contributed by atoms with Crippen LogP contribution in [-0.4, -0.2) is 41.0 Å².